The highest BCUT2D eigenvalue weighted by molar-refractivity contribution is 7.89. The van der Waals surface area contributed by atoms with Crippen LogP contribution in [0.4, 0.5) is 5.82 Å². The number of nitrogens with one attached hydrogen (secondary N) is 1. The van der Waals surface area contributed by atoms with E-state index in [0.29, 0.717) is 36.9 Å². The van der Waals surface area contributed by atoms with Crippen LogP contribution in [0, 0.1) is 0 Å². The van der Waals surface area contributed by atoms with Gasteiger partial charge in [-0.2, -0.15) is 9.40 Å². The number of carbonyl (C=O) groups is 1. The minimum Gasteiger partial charge on any atom is -0.308 e. The molecule has 0 aliphatic carbocycles. The molecule has 3 rings (SSSR count). The Morgan fingerprint density at radius 2 is 1.80 bits per heavy atom. The molecule has 1 aliphatic heterocycles. The normalized spacial score (nSPS) is 16.7. The molecule has 1 aromatic carbocycles. The van der Waals surface area contributed by atoms with Crippen LogP contribution in [0.3, 0.4) is 0 Å². The number of nitrogens with zero attached hydrogens (tertiary/aromatic N) is 4. The second kappa shape index (κ2) is 7.34. The molecule has 0 radical (unpaired) electrons. The highest BCUT2D eigenvalue weighted by Gasteiger charge is 2.28. The molecule has 1 fully saturated rings. The predicted molar refractivity (Wildman–Crippen MR) is 93.5 cm³/mol. The second-order valence-electron chi connectivity index (χ2n) is 5.92. The molecule has 1 N–H and O–H groups in total. The summed E-state index contributed by atoms with van der Waals surface area (Å²) in [6, 6.07) is 10.1. The Kier molecular flexibility index (Phi) is 5.16. The van der Waals surface area contributed by atoms with Crippen LogP contribution in [0.1, 0.15) is 0 Å². The van der Waals surface area contributed by atoms with Gasteiger partial charge in [0.1, 0.15) is 0 Å². The lowest BCUT2D eigenvalue weighted by Crippen LogP contribution is -2.50. The standard InChI is InChI=1S/C16H21N5O3S/c1-19-8-7-15(18-19)17-16(22)13-20-9-11-21(12-10-20)25(23,24)14-5-3-2-4-6-14/h2-8H,9-13H2,1H3,(H,17,18,22). The van der Waals surface area contributed by atoms with E-state index in [2.05, 4.69) is 10.4 Å². The average molecular weight is 363 g/mol. The molecular formula is C16H21N5O3S. The molecule has 134 valence electrons. The molecule has 25 heavy (non-hydrogen) atoms. The van der Waals surface area contributed by atoms with E-state index in [1.54, 1.807) is 54.3 Å². The Morgan fingerprint density at radius 1 is 1.12 bits per heavy atom. The molecule has 0 spiro atoms. The maximum atomic E-state index is 12.6. The van der Waals surface area contributed by atoms with Gasteiger partial charge in [0.15, 0.2) is 5.82 Å². The molecule has 0 unspecified atom stereocenters. The highest BCUT2D eigenvalue weighted by atomic mass is 32.2. The average Bonchev–Trinajstić information content (AvgIpc) is 3.01. The summed E-state index contributed by atoms with van der Waals surface area (Å²) in [4.78, 5) is 14.3. The van der Waals surface area contributed by atoms with Gasteiger partial charge in [-0.05, 0) is 12.1 Å². The van der Waals surface area contributed by atoms with Gasteiger partial charge < -0.3 is 5.32 Å². The van der Waals surface area contributed by atoms with Crippen LogP contribution in [-0.2, 0) is 21.9 Å². The van der Waals surface area contributed by atoms with Crippen molar-refractivity contribution in [2.24, 2.45) is 7.05 Å². The van der Waals surface area contributed by atoms with Crippen LogP contribution in [0.2, 0.25) is 0 Å². The van der Waals surface area contributed by atoms with Crippen molar-refractivity contribution in [3.63, 3.8) is 0 Å². The van der Waals surface area contributed by atoms with Crippen LogP contribution in [-0.4, -0.2) is 66.0 Å². The molecule has 2 aromatic rings. The van der Waals surface area contributed by atoms with E-state index in [9.17, 15) is 13.2 Å². The lowest BCUT2D eigenvalue weighted by atomic mass is 10.3. The summed E-state index contributed by atoms with van der Waals surface area (Å²) >= 11 is 0. The van der Waals surface area contributed by atoms with E-state index >= 15 is 0 Å². The maximum Gasteiger partial charge on any atom is 0.243 e. The van der Waals surface area contributed by atoms with Crippen molar-refractivity contribution in [3.8, 4) is 0 Å². The number of aryl methyl sites for hydroxylation is 1. The van der Waals surface area contributed by atoms with Crippen molar-refractivity contribution >= 4 is 21.7 Å². The predicted octanol–water partition coefficient (Wildman–Crippen LogP) is 0.365. The molecule has 1 saturated heterocycles. The zero-order valence-corrected chi connectivity index (χ0v) is 14.8. The number of benzene rings is 1. The SMILES string of the molecule is Cn1ccc(NC(=O)CN2CCN(S(=O)(=O)c3ccccc3)CC2)n1. The smallest absolute Gasteiger partial charge is 0.243 e. The minimum atomic E-state index is -3.47. The molecule has 0 bridgehead atoms. The lowest BCUT2D eigenvalue weighted by Gasteiger charge is -2.33. The summed E-state index contributed by atoms with van der Waals surface area (Å²) in [7, 11) is -1.69. The quantitative estimate of drug-likeness (QED) is 0.829. The van der Waals surface area contributed by atoms with E-state index < -0.39 is 10.0 Å². The number of piperazine rings is 1. The summed E-state index contributed by atoms with van der Waals surface area (Å²) in [5, 5.41) is 6.83. The van der Waals surface area contributed by atoms with Crippen molar-refractivity contribution in [3.05, 3.63) is 42.6 Å². The lowest BCUT2D eigenvalue weighted by molar-refractivity contribution is -0.117. The monoisotopic (exact) mass is 363 g/mol. The van der Waals surface area contributed by atoms with Gasteiger partial charge in [-0.3, -0.25) is 14.4 Å². The number of anilines is 1. The Morgan fingerprint density at radius 3 is 2.40 bits per heavy atom. The van der Waals surface area contributed by atoms with Crippen LogP contribution < -0.4 is 5.32 Å². The van der Waals surface area contributed by atoms with Gasteiger partial charge in [0.2, 0.25) is 15.9 Å². The van der Waals surface area contributed by atoms with E-state index in [1.807, 2.05) is 4.90 Å². The first-order chi connectivity index (χ1) is 11.9. The summed E-state index contributed by atoms with van der Waals surface area (Å²) in [6.07, 6.45) is 1.75. The van der Waals surface area contributed by atoms with Crippen LogP contribution in [0.15, 0.2) is 47.5 Å². The van der Waals surface area contributed by atoms with Gasteiger partial charge in [0, 0.05) is 45.5 Å². The maximum absolute atomic E-state index is 12.6. The third-order valence-electron chi connectivity index (χ3n) is 4.06. The van der Waals surface area contributed by atoms with E-state index in [-0.39, 0.29) is 12.5 Å². The van der Waals surface area contributed by atoms with Gasteiger partial charge >= 0.3 is 0 Å². The largest absolute Gasteiger partial charge is 0.308 e. The first-order valence-corrected chi connectivity index (χ1v) is 9.46. The number of hydrogen-bond acceptors (Lipinski definition) is 5. The number of rotatable bonds is 5. The van der Waals surface area contributed by atoms with Crippen LogP contribution >= 0.6 is 0 Å². The second-order valence-corrected chi connectivity index (χ2v) is 7.85. The zero-order chi connectivity index (χ0) is 17.9. The molecule has 0 saturated carbocycles. The van der Waals surface area contributed by atoms with Crippen LogP contribution in [0.25, 0.3) is 0 Å². The fraction of sp³-hybridized carbons (Fsp3) is 0.375. The van der Waals surface area contributed by atoms with Gasteiger partial charge in [0.05, 0.1) is 11.4 Å². The number of aromatic nitrogens is 2. The minimum absolute atomic E-state index is 0.155. The van der Waals surface area contributed by atoms with E-state index in [0.717, 1.165) is 0 Å². The van der Waals surface area contributed by atoms with E-state index in [1.165, 1.54) is 4.31 Å². The van der Waals surface area contributed by atoms with Crippen molar-refractivity contribution < 1.29 is 13.2 Å². The van der Waals surface area contributed by atoms with Gasteiger partial charge in [0.25, 0.3) is 0 Å². The van der Waals surface area contributed by atoms with Crippen molar-refractivity contribution in [1.82, 2.24) is 19.0 Å². The topological polar surface area (TPSA) is 87.5 Å². The molecule has 1 amide bonds. The summed E-state index contributed by atoms with van der Waals surface area (Å²) < 4.78 is 28.2. The Labute approximate surface area is 147 Å². The van der Waals surface area contributed by atoms with Crippen LogP contribution in [0.5, 0.6) is 0 Å². The number of carbonyl (C=O) groups excluding carboxylic acids is 1. The first-order valence-electron chi connectivity index (χ1n) is 8.02. The molecule has 1 aliphatic rings. The number of sulfonamides is 1. The van der Waals surface area contributed by atoms with Gasteiger partial charge in [-0.15, -0.1) is 0 Å². The van der Waals surface area contributed by atoms with Gasteiger partial charge in [-0.1, -0.05) is 18.2 Å². The first kappa shape index (κ1) is 17.6. The summed E-state index contributed by atoms with van der Waals surface area (Å²) in [6.45, 7) is 1.99. The molecular weight excluding hydrogens is 342 g/mol. The summed E-state index contributed by atoms with van der Waals surface area (Å²) in [5.74, 6) is 0.357. The third-order valence-corrected chi connectivity index (χ3v) is 5.97. The third kappa shape index (κ3) is 4.25. The number of amides is 1. The molecule has 0 atom stereocenters. The fourth-order valence-corrected chi connectivity index (χ4v) is 4.18. The van der Waals surface area contributed by atoms with Crippen molar-refractivity contribution in [2.75, 3.05) is 38.0 Å². The molecule has 9 heteroatoms. The summed E-state index contributed by atoms with van der Waals surface area (Å²) in [5.41, 5.74) is 0. The number of hydrogen-bond donors (Lipinski definition) is 1. The highest BCUT2D eigenvalue weighted by Crippen LogP contribution is 2.17. The molecule has 1 aromatic heterocycles. The molecule has 8 nitrogen and oxygen atoms in total. The van der Waals surface area contributed by atoms with E-state index in [4.69, 9.17) is 0 Å². The fourth-order valence-electron chi connectivity index (χ4n) is 2.74. The van der Waals surface area contributed by atoms with Crippen molar-refractivity contribution in [2.45, 2.75) is 4.90 Å². The molecule has 2 heterocycles. The van der Waals surface area contributed by atoms with Gasteiger partial charge in [-0.25, -0.2) is 8.42 Å². The zero-order valence-electron chi connectivity index (χ0n) is 14.0. The Hall–Kier alpha value is -2.23. The Balaban J connectivity index is 1.52. The Bertz CT molecular complexity index is 826. The van der Waals surface area contributed by atoms with Crippen molar-refractivity contribution in [1.29, 1.82) is 0 Å².